The molecule has 0 spiro atoms. The van der Waals surface area contributed by atoms with Gasteiger partial charge in [0.15, 0.2) is 0 Å². The van der Waals surface area contributed by atoms with Gasteiger partial charge in [-0.25, -0.2) is 0 Å². The summed E-state index contributed by atoms with van der Waals surface area (Å²) in [5, 5.41) is 0. The molecule has 0 aliphatic heterocycles. The van der Waals surface area contributed by atoms with Gasteiger partial charge in [0, 0.05) is 0 Å². The lowest BCUT2D eigenvalue weighted by Gasteiger charge is -2.00. The quantitative estimate of drug-likeness (QED) is 0.554. The van der Waals surface area contributed by atoms with E-state index in [0.717, 1.165) is 17.6 Å². The highest BCUT2D eigenvalue weighted by Gasteiger charge is 1.91. The summed E-state index contributed by atoms with van der Waals surface area (Å²) in [5.41, 5.74) is 3.55. The maximum absolute atomic E-state index is 3.81. The molecule has 0 atom stereocenters. The van der Waals surface area contributed by atoms with Crippen molar-refractivity contribution in [3.05, 3.63) is 60.3 Å². The maximum atomic E-state index is 3.81. The van der Waals surface area contributed by atoms with Crippen molar-refractivity contribution < 1.29 is 0 Å². The zero-order valence-corrected chi connectivity index (χ0v) is 9.51. The Morgan fingerprint density at radius 2 is 1.79 bits per heavy atom. The van der Waals surface area contributed by atoms with E-state index in [-0.39, 0.29) is 0 Å². The SMILES string of the molecule is C=C\C(C)=C/C(C=C)=C(C)/C=C\CC. The molecule has 0 aliphatic carbocycles. The molecule has 0 radical (unpaired) electrons. The molecule has 0 saturated heterocycles. The van der Waals surface area contributed by atoms with Crippen LogP contribution in [0.15, 0.2) is 60.3 Å². The minimum atomic E-state index is 1.06. The van der Waals surface area contributed by atoms with Crippen LogP contribution in [0.2, 0.25) is 0 Å². The molecule has 0 aromatic heterocycles. The summed E-state index contributed by atoms with van der Waals surface area (Å²) >= 11 is 0. The Balaban J connectivity index is 4.93. The second kappa shape index (κ2) is 7.14. The summed E-state index contributed by atoms with van der Waals surface area (Å²) in [6.07, 6.45) is 11.2. The van der Waals surface area contributed by atoms with Crippen molar-refractivity contribution in [3.63, 3.8) is 0 Å². The molecule has 0 amide bonds. The Morgan fingerprint density at radius 1 is 1.14 bits per heavy atom. The summed E-state index contributed by atoms with van der Waals surface area (Å²) < 4.78 is 0. The molecule has 0 aliphatic rings. The van der Waals surface area contributed by atoms with Crippen LogP contribution in [-0.4, -0.2) is 0 Å². The van der Waals surface area contributed by atoms with Crippen LogP contribution in [-0.2, 0) is 0 Å². The van der Waals surface area contributed by atoms with Gasteiger partial charge in [-0.1, -0.05) is 56.0 Å². The van der Waals surface area contributed by atoms with Gasteiger partial charge in [0.2, 0.25) is 0 Å². The Hall–Kier alpha value is -1.30. The van der Waals surface area contributed by atoms with Crippen molar-refractivity contribution in [2.75, 3.05) is 0 Å². The van der Waals surface area contributed by atoms with Crippen LogP contribution < -0.4 is 0 Å². The highest BCUT2D eigenvalue weighted by molar-refractivity contribution is 5.41. The molecule has 0 saturated carbocycles. The topological polar surface area (TPSA) is 0 Å². The van der Waals surface area contributed by atoms with Gasteiger partial charge in [0.05, 0.1) is 0 Å². The molecule has 0 aromatic rings. The Bertz CT molecular complexity index is 285. The molecule has 0 heterocycles. The second-order valence-electron chi connectivity index (χ2n) is 3.25. The van der Waals surface area contributed by atoms with Crippen LogP contribution in [0.5, 0.6) is 0 Å². The van der Waals surface area contributed by atoms with Crippen molar-refractivity contribution in [3.8, 4) is 0 Å². The zero-order valence-electron chi connectivity index (χ0n) is 9.51. The average molecular weight is 188 g/mol. The summed E-state index contributed by atoms with van der Waals surface area (Å²) in [6, 6.07) is 0. The molecule has 0 unspecified atom stereocenters. The normalized spacial score (nSPS) is 14.1. The molecule has 0 N–H and O–H groups in total. The highest BCUT2D eigenvalue weighted by atomic mass is 14.0. The van der Waals surface area contributed by atoms with Crippen LogP contribution in [0.4, 0.5) is 0 Å². The third-order valence-electron chi connectivity index (χ3n) is 1.98. The van der Waals surface area contributed by atoms with E-state index in [0.29, 0.717) is 0 Å². The van der Waals surface area contributed by atoms with E-state index in [1.165, 1.54) is 5.57 Å². The fourth-order valence-corrected chi connectivity index (χ4v) is 1.03. The van der Waals surface area contributed by atoms with Crippen LogP contribution >= 0.6 is 0 Å². The van der Waals surface area contributed by atoms with Crippen molar-refractivity contribution in [1.29, 1.82) is 0 Å². The summed E-state index contributed by atoms with van der Waals surface area (Å²) in [4.78, 5) is 0. The Morgan fingerprint density at radius 3 is 2.21 bits per heavy atom. The van der Waals surface area contributed by atoms with Gasteiger partial charge in [0.1, 0.15) is 0 Å². The van der Waals surface area contributed by atoms with Crippen molar-refractivity contribution in [2.45, 2.75) is 27.2 Å². The van der Waals surface area contributed by atoms with Gasteiger partial charge < -0.3 is 0 Å². The first kappa shape index (κ1) is 12.7. The molecule has 14 heavy (non-hydrogen) atoms. The fourth-order valence-electron chi connectivity index (χ4n) is 1.03. The average Bonchev–Trinajstić information content (AvgIpc) is 2.21. The summed E-state index contributed by atoms with van der Waals surface area (Å²) in [7, 11) is 0. The minimum absolute atomic E-state index is 1.06. The fraction of sp³-hybridized carbons (Fsp3) is 0.286. The predicted octanol–water partition coefficient (Wildman–Crippen LogP) is 4.59. The van der Waals surface area contributed by atoms with Gasteiger partial charge in [-0.15, -0.1) is 0 Å². The first-order valence-electron chi connectivity index (χ1n) is 4.96. The Kier molecular flexibility index (Phi) is 6.47. The van der Waals surface area contributed by atoms with Gasteiger partial charge in [-0.05, 0) is 31.4 Å². The summed E-state index contributed by atoms with van der Waals surface area (Å²) in [5.74, 6) is 0. The van der Waals surface area contributed by atoms with Crippen LogP contribution in [0.25, 0.3) is 0 Å². The summed E-state index contributed by atoms with van der Waals surface area (Å²) in [6.45, 7) is 13.8. The molecule has 0 nitrogen and oxygen atoms in total. The number of hydrogen-bond acceptors (Lipinski definition) is 0. The smallest absolute Gasteiger partial charge is 0.0231 e. The molecular weight excluding hydrogens is 168 g/mol. The first-order chi connectivity index (χ1) is 6.65. The van der Waals surface area contributed by atoms with E-state index >= 15 is 0 Å². The van der Waals surface area contributed by atoms with Crippen LogP contribution in [0.3, 0.4) is 0 Å². The molecule has 0 bridgehead atoms. The number of allylic oxidation sites excluding steroid dienone is 8. The minimum Gasteiger partial charge on any atom is -0.0988 e. The van der Waals surface area contributed by atoms with Crippen molar-refractivity contribution >= 4 is 0 Å². The third kappa shape index (κ3) is 4.66. The van der Waals surface area contributed by atoms with E-state index in [4.69, 9.17) is 0 Å². The molecular formula is C14H20. The molecule has 0 fully saturated rings. The van der Waals surface area contributed by atoms with E-state index < -0.39 is 0 Å². The molecule has 0 rings (SSSR count). The van der Waals surface area contributed by atoms with Crippen molar-refractivity contribution in [2.24, 2.45) is 0 Å². The predicted molar refractivity (Wildman–Crippen MR) is 66.3 cm³/mol. The largest absolute Gasteiger partial charge is 0.0988 e. The van der Waals surface area contributed by atoms with Gasteiger partial charge in [0.25, 0.3) is 0 Å². The van der Waals surface area contributed by atoms with Crippen LogP contribution in [0.1, 0.15) is 27.2 Å². The molecule has 0 heteroatoms. The van der Waals surface area contributed by atoms with Gasteiger partial charge in [-0.2, -0.15) is 0 Å². The van der Waals surface area contributed by atoms with Crippen LogP contribution in [0, 0.1) is 0 Å². The molecule has 76 valence electrons. The monoisotopic (exact) mass is 188 g/mol. The Labute approximate surface area is 88.0 Å². The maximum Gasteiger partial charge on any atom is -0.0231 e. The second-order valence-corrected chi connectivity index (χ2v) is 3.25. The van der Waals surface area contributed by atoms with E-state index in [1.54, 1.807) is 0 Å². The standard InChI is InChI=1S/C14H20/c1-6-9-10-13(5)14(8-3)11-12(4)7-2/h7-11H,2-3,6H2,1,4-5H3/b10-9-,12-11-,14-13+. The third-order valence-corrected chi connectivity index (χ3v) is 1.98. The van der Waals surface area contributed by atoms with Crippen molar-refractivity contribution in [1.82, 2.24) is 0 Å². The van der Waals surface area contributed by atoms with E-state index in [2.05, 4.69) is 45.2 Å². The number of rotatable bonds is 5. The highest BCUT2D eigenvalue weighted by Crippen LogP contribution is 2.11. The zero-order chi connectivity index (χ0) is 11.0. The van der Waals surface area contributed by atoms with E-state index in [9.17, 15) is 0 Å². The first-order valence-corrected chi connectivity index (χ1v) is 4.96. The van der Waals surface area contributed by atoms with Gasteiger partial charge in [-0.3, -0.25) is 0 Å². The number of hydrogen-bond donors (Lipinski definition) is 0. The lowest BCUT2D eigenvalue weighted by Crippen LogP contribution is -1.80. The van der Waals surface area contributed by atoms with E-state index in [1.807, 2.05) is 19.1 Å². The molecule has 0 aromatic carbocycles. The lowest BCUT2D eigenvalue weighted by molar-refractivity contribution is 1.21. The lowest BCUT2D eigenvalue weighted by atomic mass is 10.1. The van der Waals surface area contributed by atoms with Gasteiger partial charge >= 0.3 is 0 Å².